The van der Waals surface area contributed by atoms with E-state index in [1.807, 2.05) is 6.07 Å². The number of hydrogen-bond donors (Lipinski definition) is 3. The summed E-state index contributed by atoms with van der Waals surface area (Å²) in [6, 6.07) is 8.89. The number of rotatable bonds is 3. The number of anilines is 3. The van der Waals surface area contributed by atoms with Crippen LogP contribution in [0, 0.1) is 11.3 Å². The molecule has 5 N–H and O–H groups in total. The Bertz CT molecular complexity index is 1070. The third-order valence-electron chi connectivity index (χ3n) is 3.20. The Morgan fingerprint density at radius 1 is 1.12 bits per heavy atom. The second kappa shape index (κ2) is 5.64. The monoisotopic (exact) mass is 341 g/mol. The summed E-state index contributed by atoms with van der Waals surface area (Å²) in [6.45, 7) is 0. The average molecular weight is 341 g/mol. The van der Waals surface area contributed by atoms with Crippen LogP contribution in [0.2, 0.25) is 0 Å². The molecule has 0 saturated carbocycles. The third-order valence-corrected chi connectivity index (χ3v) is 4.55. The number of nitriles is 1. The average Bonchev–Trinajstić information content (AvgIpc) is 2.55. The minimum atomic E-state index is -3.94. The molecular weight excluding hydrogens is 330 g/mol. The molecule has 24 heavy (non-hydrogen) atoms. The number of fused-ring (bicyclic) bond motifs is 1. The van der Waals surface area contributed by atoms with Crippen molar-refractivity contribution in [1.29, 1.82) is 5.26 Å². The van der Waals surface area contributed by atoms with Gasteiger partial charge in [-0.25, -0.2) is 23.4 Å². The SMILES string of the molecule is N#Cc1cc2c(N)ncnc2nc1NS(=O)(=O)c1ccc(N)cc1. The zero-order chi connectivity index (χ0) is 17.3. The second-order valence-corrected chi connectivity index (χ2v) is 6.48. The molecule has 9 nitrogen and oxygen atoms in total. The molecule has 0 amide bonds. The van der Waals surface area contributed by atoms with E-state index in [1.165, 1.54) is 36.7 Å². The Labute approximate surface area is 137 Å². The fourth-order valence-corrected chi connectivity index (χ4v) is 3.02. The molecule has 0 aliphatic heterocycles. The first kappa shape index (κ1) is 15.4. The number of pyridine rings is 1. The number of nitrogens with one attached hydrogen (secondary N) is 1. The molecule has 3 rings (SSSR count). The molecule has 120 valence electrons. The zero-order valence-electron chi connectivity index (χ0n) is 12.1. The van der Waals surface area contributed by atoms with Crippen LogP contribution in [0.5, 0.6) is 0 Å². The van der Waals surface area contributed by atoms with Crippen LogP contribution < -0.4 is 16.2 Å². The maximum absolute atomic E-state index is 12.4. The molecule has 2 aromatic heterocycles. The summed E-state index contributed by atoms with van der Waals surface area (Å²) >= 11 is 0. The van der Waals surface area contributed by atoms with Gasteiger partial charge < -0.3 is 11.5 Å². The van der Waals surface area contributed by atoms with Crippen molar-refractivity contribution in [3.8, 4) is 6.07 Å². The van der Waals surface area contributed by atoms with Crippen LogP contribution in [-0.2, 0) is 10.0 Å². The third kappa shape index (κ3) is 2.75. The van der Waals surface area contributed by atoms with Crippen molar-refractivity contribution in [2.24, 2.45) is 0 Å². The van der Waals surface area contributed by atoms with Gasteiger partial charge in [-0.3, -0.25) is 4.72 Å². The minimum Gasteiger partial charge on any atom is -0.399 e. The highest BCUT2D eigenvalue weighted by molar-refractivity contribution is 7.92. The fraction of sp³-hybridized carbons (Fsp3) is 0. The van der Waals surface area contributed by atoms with E-state index in [1.54, 1.807) is 0 Å². The van der Waals surface area contributed by atoms with Gasteiger partial charge in [-0.1, -0.05) is 0 Å². The van der Waals surface area contributed by atoms with Crippen LogP contribution in [0.4, 0.5) is 17.3 Å². The summed E-state index contributed by atoms with van der Waals surface area (Å²) < 4.78 is 27.1. The summed E-state index contributed by atoms with van der Waals surface area (Å²) in [5.74, 6) is 0.0110. The van der Waals surface area contributed by atoms with E-state index in [0.717, 1.165) is 0 Å². The molecule has 0 radical (unpaired) electrons. The number of nitrogens with zero attached hydrogens (tertiary/aromatic N) is 4. The molecule has 0 unspecified atom stereocenters. The Kier molecular flexibility index (Phi) is 3.63. The van der Waals surface area contributed by atoms with Gasteiger partial charge in [0.1, 0.15) is 18.2 Å². The van der Waals surface area contributed by atoms with Crippen molar-refractivity contribution in [3.05, 3.63) is 42.2 Å². The number of sulfonamides is 1. The van der Waals surface area contributed by atoms with Crippen molar-refractivity contribution in [2.45, 2.75) is 4.90 Å². The largest absolute Gasteiger partial charge is 0.399 e. The van der Waals surface area contributed by atoms with Gasteiger partial charge in [0.05, 0.1) is 15.8 Å². The maximum atomic E-state index is 12.4. The van der Waals surface area contributed by atoms with Gasteiger partial charge in [-0.2, -0.15) is 5.26 Å². The molecule has 0 aliphatic carbocycles. The van der Waals surface area contributed by atoms with E-state index in [0.29, 0.717) is 11.1 Å². The number of nitrogen functional groups attached to an aromatic ring is 2. The lowest BCUT2D eigenvalue weighted by Crippen LogP contribution is -2.15. The highest BCUT2D eigenvalue weighted by atomic mass is 32.2. The van der Waals surface area contributed by atoms with E-state index in [-0.39, 0.29) is 27.7 Å². The van der Waals surface area contributed by atoms with E-state index < -0.39 is 10.0 Å². The molecule has 0 fully saturated rings. The molecule has 2 heterocycles. The molecule has 0 saturated heterocycles. The molecule has 0 aliphatic rings. The Morgan fingerprint density at radius 2 is 1.83 bits per heavy atom. The van der Waals surface area contributed by atoms with Crippen molar-refractivity contribution < 1.29 is 8.42 Å². The lowest BCUT2D eigenvalue weighted by atomic mass is 10.2. The Hall–Kier alpha value is -3.45. The van der Waals surface area contributed by atoms with Gasteiger partial charge in [0.15, 0.2) is 11.5 Å². The summed E-state index contributed by atoms with van der Waals surface area (Å²) in [5.41, 5.74) is 11.9. The molecule has 0 bridgehead atoms. The summed E-state index contributed by atoms with van der Waals surface area (Å²) in [4.78, 5) is 11.8. The fourth-order valence-electron chi connectivity index (χ4n) is 2.00. The lowest BCUT2D eigenvalue weighted by molar-refractivity contribution is 0.601. The topological polar surface area (TPSA) is 161 Å². The smallest absolute Gasteiger partial charge is 0.263 e. The van der Waals surface area contributed by atoms with E-state index in [2.05, 4.69) is 19.7 Å². The quantitative estimate of drug-likeness (QED) is 0.591. The first-order valence-corrected chi connectivity index (χ1v) is 8.09. The second-order valence-electron chi connectivity index (χ2n) is 4.80. The lowest BCUT2D eigenvalue weighted by Gasteiger charge is -2.10. The first-order valence-electron chi connectivity index (χ1n) is 6.60. The van der Waals surface area contributed by atoms with Gasteiger partial charge >= 0.3 is 0 Å². The van der Waals surface area contributed by atoms with Crippen LogP contribution in [0.15, 0.2) is 41.6 Å². The predicted octanol–water partition coefficient (Wildman–Crippen LogP) is 0.862. The first-order chi connectivity index (χ1) is 11.4. The number of benzene rings is 1. The van der Waals surface area contributed by atoms with E-state index in [4.69, 9.17) is 11.5 Å². The normalized spacial score (nSPS) is 11.1. The Morgan fingerprint density at radius 3 is 2.50 bits per heavy atom. The van der Waals surface area contributed by atoms with Crippen molar-refractivity contribution in [3.63, 3.8) is 0 Å². The molecule has 10 heteroatoms. The van der Waals surface area contributed by atoms with E-state index >= 15 is 0 Å². The van der Waals surface area contributed by atoms with Crippen molar-refractivity contribution >= 4 is 38.4 Å². The Balaban J connectivity index is 2.09. The van der Waals surface area contributed by atoms with Gasteiger partial charge in [-0.15, -0.1) is 0 Å². The molecule has 0 atom stereocenters. The van der Waals surface area contributed by atoms with Gasteiger partial charge in [0, 0.05) is 5.69 Å². The van der Waals surface area contributed by atoms with Crippen LogP contribution >= 0.6 is 0 Å². The summed E-state index contributed by atoms with van der Waals surface area (Å²) in [6.07, 6.45) is 1.20. The number of aromatic nitrogens is 3. The van der Waals surface area contributed by atoms with Crippen LogP contribution in [-0.4, -0.2) is 23.4 Å². The standard InChI is InChI=1S/C14H11N7O2S/c15-6-8-5-11-12(17)18-7-19-14(11)20-13(8)21-24(22,23)10-3-1-9(16)2-4-10/h1-5,7H,16H2,(H3,17,18,19,20,21). The van der Waals surface area contributed by atoms with Gasteiger partial charge in [0.2, 0.25) is 0 Å². The van der Waals surface area contributed by atoms with Crippen molar-refractivity contribution in [1.82, 2.24) is 15.0 Å². The van der Waals surface area contributed by atoms with Crippen LogP contribution in [0.1, 0.15) is 5.56 Å². The van der Waals surface area contributed by atoms with Crippen LogP contribution in [0.25, 0.3) is 11.0 Å². The molecule has 3 aromatic rings. The molecule has 0 spiro atoms. The van der Waals surface area contributed by atoms with Gasteiger partial charge in [-0.05, 0) is 30.3 Å². The maximum Gasteiger partial charge on any atom is 0.263 e. The highest BCUT2D eigenvalue weighted by Gasteiger charge is 2.18. The zero-order valence-corrected chi connectivity index (χ0v) is 12.9. The number of hydrogen-bond acceptors (Lipinski definition) is 8. The summed E-state index contributed by atoms with van der Waals surface area (Å²) in [5, 5.41) is 9.61. The highest BCUT2D eigenvalue weighted by Crippen LogP contribution is 2.24. The van der Waals surface area contributed by atoms with Gasteiger partial charge in [0.25, 0.3) is 10.0 Å². The van der Waals surface area contributed by atoms with Crippen LogP contribution in [0.3, 0.4) is 0 Å². The predicted molar refractivity (Wildman–Crippen MR) is 88.1 cm³/mol. The van der Waals surface area contributed by atoms with Crippen molar-refractivity contribution in [2.75, 3.05) is 16.2 Å². The number of nitrogens with two attached hydrogens (primary N) is 2. The minimum absolute atomic E-state index is 0.00280. The molecular formula is C14H11N7O2S. The molecule has 1 aromatic carbocycles. The van der Waals surface area contributed by atoms with E-state index in [9.17, 15) is 13.7 Å². The summed E-state index contributed by atoms with van der Waals surface area (Å²) in [7, 11) is -3.94.